The second kappa shape index (κ2) is 7.18. The first-order valence-corrected chi connectivity index (χ1v) is 9.11. The van der Waals surface area contributed by atoms with Crippen molar-refractivity contribution in [1.82, 2.24) is 0 Å². The van der Waals surface area contributed by atoms with Gasteiger partial charge in [-0.1, -0.05) is 19.1 Å². The van der Waals surface area contributed by atoms with Gasteiger partial charge in [0.15, 0.2) is 6.10 Å². The quantitative estimate of drug-likeness (QED) is 0.835. The highest BCUT2D eigenvalue weighted by Crippen LogP contribution is 2.31. The molecule has 3 rings (SSSR count). The Morgan fingerprint density at radius 1 is 1.25 bits per heavy atom. The van der Waals surface area contributed by atoms with Gasteiger partial charge in [-0.3, -0.25) is 4.79 Å². The van der Waals surface area contributed by atoms with Gasteiger partial charge in [-0.2, -0.15) is 0 Å². The van der Waals surface area contributed by atoms with Crippen LogP contribution in [0.3, 0.4) is 0 Å². The summed E-state index contributed by atoms with van der Waals surface area (Å²) in [5.41, 5.74) is 3.16. The number of aryl methyl sites for hydroxylation is 3. The zero-order chi connectivity index (χ0) is 17.1. The van der Waals surface area contributed by atoms with Crippen molar-refractivity contribution in [2.24, 2.45) is 0 Å². The summed E-state index contributed by atoms with van der Waals surface area (Å²) < 4.78 is 5.31. The Labute approximate surface area is 145 Å². The number of esters is 1. The number of hydrogen-bond acceptors (Lipinski definition) is 4. The third kappa shape index (κ3) is 3.67. The van der Waals surface area contributed by atoms with Gasteiger partial charge in [0.25, 0.3) is 5.91 Å². The summed E-state index contributed by atoms with van der Waals surface area (Å²) in [4.78, 5) is 26.3. The van der Waals surface area contributed by atoms with Crippen molar-refractivity contribution in [2.45, 2.75) is 45.6 Å². The maximum atomic E-state index is 12.2. The van der Waals surface area contributed by atoms with Crippen LogP contribution in [0.1, 0.15) is 45.9 Å². The van der Waals surface area contributed by atoms with E-state index in [1.807, 2.05) is 30.3 Å². The second-order valence-corrected chi connectivity index (χ2v) is 7.14. The Morgan fingerprint density at radius 3 is 2.67 bits per heavy atom. The van der Waals surface area contributed by atoms with Crippen LogP contribution < -0.4 is 5.32 Å². The van der Waals surface area contributed by atoms with E-state index in [4.69, 9.17) is 4.74 Å². The van der Waals surface area contributed by atoms with Crippen molar-refractivity contribution in [3.05, 3.63) is 51.2 Å². The van der Waals surface area contributed by atoms with E-state index in [0.717, 1.165) is 25.7 Å². The van der Waals surface area contributed by atoms with Crippen molar-refractivity contribution in [2.75, 3.05) is 5.32 Å². The topological polar surface area (TPSA) is 55.4 Å². The van der Waals surface area contributed by atoms with E-state index in [-0.39, 0.29) is 5.91 Å². The number of anilines is 1. The van der Waals surface area contributed by atoms with E-state index in [0.29, 0.717) is 10.6 Å². The summed E-state index contributed by atoms with van der Waals surface area (Å²) in [6.07, 6.45) is 3.35. The van der Waals surface area contributed by atoms with E-state index >= 15 is 0 Å². The number of ether oxygens (including phenoxy) is 1. The number of hydrogen-bond donors (Lipinski definition) is 1. The molecule has 1 atom stereocenters. The summed E-state index contributed by atoms with van der Waals surface area (Å²) in [5, 5.41) is 2.78. The molecule has 24 heavy (non-hydrogen) atoms. The average molecular weight is 343 g/mol. The number of carbonyl (C=O) groups is 2. The summed E-state index contributed by atoms with van der Waals surface area (Å²) in [7, 11) is 0. The minimum absolute atomic E-state index is 0.323. The predicted molar refractivity (Wildman–Crippen MR) is 95.7 cm³/mol. The number of benzene rings is 1. The lowest BCUT2D eigenvalue weighted by Crippen LogP contribution is -2.29. The van der Waals surface area contributed by atoms with E-state index in [1.165, 1.54) is 27.3 Å². The first kappa shape index (κ1) is 16.7. The summed E-state index contributed by atoms with van der Waals surface area (Å²) in [5.74, 6) is -0.741. The van der Waals surface area contributed by atoms with Crippen LogP contribution in [0.15, 0.2) is 30.3 Å². The van der Waals surface area contributed by atoms with Crippen LogP contribution >= 0.6 is 11.3 Å². The molecule has 0 bridgehead atoms. The molecule has 1 N–H and O–H groups in total. The molecule has 1 amide bonds. The van der Waals surface area contributed by atoms with Crippen LogP contribution in [0.4, 0.5) is 5.69 Å². The molecule has 126 valence electrons. The van der Waals surface area contributed by atoms with Gasteiger partial charge in [0.05, 0.1) is 0 Å². The number of carbonyl (C=O) groups excluding carboxylic acids is 2. The monoisotopic (exact) mass is 343 g/mol. The molecule has 0 aliphatic heterocycles. The molecule has 0 saturated heterocycles. The molecule has 0 spiro atoms. The van der Waals surface area contributed by atoms with Crippen LogP contribution in [0.25, 0.3) is 0 Å². The molecule has 1 aromatic heterocycles. The van der Waals surface area contributed by atoms with Crippen LogP contribution in [0, 0.1) is 0 Å². The zero-order valence-electron chi connectivity index (χ0n) is 13.9. The van der Waals surface area contributed by atoms with Gasteiger partial charge < -0.3 is 10.1 Å². The van der Waals surface area contributed by atoms with Crippen molar-refractivity contribution < 1.29 is 14.3 Å². The van der Waals surface area contributed by atoms with E-state index < -0.39 is 12.1 Å². The molecular weight excluding hydrogens is 322 g/mol. The average Bonchev–Trinajstić information content (AvgIpc) is 3.17. The fraction of sp³-hybridized carbons (Fsp3) is 0.368. The molecule has 0 saturated carbocycles. The third-order valence-corrected chi connectivity index (χ3v) is 5.45. The molecule has 5 heteroatoms. The lowest BCUT2D eigenvalue weighted by Gasteiger charge is -2.13. The molecule has 1 aliphatic rings. The molecule has 0 unspecified atom stereocenters. The van der Waals surface area contributed by atoms with Gasteiger partial charge in [-0.15, -0.1) is 11.3 Å². The van der Waals surface area contributed by atoms with E-state index in [2.05, 4.69) is 12.2 Å². The fourth-order valence-electron chi connectivity index (χ4n) is 2.77. The molecule has 4 nitrogen and oxygen atoms in total. The standard InChI is InChI=1S/C19H21NO3S/c1-3-13-7-9-15(10-8-13)20-18(21)12(2)23-19(22)17-11-14-5-4-6-16(14)24-17/h7-12H,3-6H2,1-2H3,(H,20,21)/t12-/m0/s1. The number of nitrogens with one attached hydrogen (secondary N) is 1. The van der Waals surface area contributed by atoms with Crippen molar-refractivity contribution in [3.63, 3.8) is 0 Å². The summed E-state index contributed by atoms with van der Waals surface area (Å²) in [6.45, 7) is 3.67. The number of fused-ring (bicyclic) bond motifs is 1. The molecule has 1 aliphatic carbocycles. The van der Waals surface area contributed by atoms with Gasteiger partial charge in [-0.25, -0.2) is 4.79 Å². The lowest BCUT2D eigenvalue weighted by molar-refractivity contribution is -0.123. The Hall–Kier alpha value is -2.14. The van der Waals surface area contributed by atoms with Crippen LogP contribution in [0.5, 0.6) is 0 Å². The fourth-order valence-corrected chi connectivity index (χ4v) is 3.91. The van der Waals surface area contributed by atoms with Gasteiger partial charge in [0, 0.05) is 10.6 Å². The Balaban J connectivity index is 1.57. The number of rotatable bonds is 5. The van der Waals surface area contributed by atoms with Gasteiger partial charge in [-0.05, 0) is 61.9 Å². The Morgan fingerprint density at radius 2 is 2.00 bits per heavy atom. The van der Waals surface area contributed by atoms with Crippen molar-refractivity contribution in [1.29, 1.82) is 0 Å². The van der Waals surface area contributed by atoms with Crippen molar-refractivity contribution >= 4 is 28.9 Å². The van der Waals surface area contributed by atoms with Crippen LogP contribution in [-0.2, 0) is 28.8 Å². The third-order valence-electron chi connectivity index (χ3n) is 4.23. The zero-order valence-corrected chi connectivity index (χ0v) is 14.7. The molecule has 0 fully saturated rings. The van der Waals surface area contributed by atoms with Gasteiger partial charge in [0.2, 0.25) is 0 Å². The van der Waals surface area contributed by atoms with E-state index in [9.17, 15) is 9.59 Å². The minimum atomic E-state index is -0.833. The molecular formula is C19H21NO3S. The van der Waals surface area contributed by atoms with E-state index in [1.54, 1.807) is 6.92 Å². The normalized spacial score (nSPS) is 14.1. The highest BCUT2D eigenvalue weighted by atomic mass is 32.1. The van der Waals surface area contributed by atoms with Gasteiger partial charge in [0.1, 0.15) is 4.88 Å². The second-order valence-electron chi connectivity index (χ2n) is 6.00. The lowest BCUT2D eigenvalue weighted by atomic mass is 10.1. The smallest absolute Gasteiger partial charge is 0.349 e. The number of thiophene rings is 1. The Kier molecular flexibility index (Phi) is 5.00. The highest BCUT2D eigenvalue weighted by molar-refractivity contribution is 7.14. The Bertz CT molecular complexity index is 727. The summed E-state index contributed by atoms with van der Waals surface area (Å²) in [6, 6.07) is 9.56. The molecule has 2 aromatic rings. The van der Waals surface area contributed by atoms with Crippen LogP contribution in [0.2, 0.25) is 0 Å². The largest absolute Gasteiger partial charge is 0.448 e. The SMILES string of the molecule is CCc1ccc(NC(=O)[C@H](C)OC(=O)c2cc3c(s2)CCC3)cc1. The first-order chi connectivity index (χ1) is 11.6. The summed E-state index contributed by atoms with van der Waals surface area (Å²) >= 11 is 1.49. The molecule has 1 aromatic carbocycles. The predicted octanol–water partition coefficient (Wildman–Crippen LogP) is 3.98. The maximum absolute atomic E-state index is 12.2. The highest BCUT2D eigenvalue weighted by Gasteiger charge is 2.23. The van der Waals surface area contributed by atoms with Crippen molar-refractivity contribution in [3.8, 4) is 0 Å². The van der Waals surface area contributed by atoms with Crippen LogP contribution in [-0.4, -0.2) is 18.0 Å². The molecule has 1 heterocycles. The first-order valence-electron chi connectivity index (χ1n) is 8.29. The number of amides is 1. The maximum Gasteiger partial charge on any atom is 0.349 e. The molecule has 0 radical (unpaired) electrons. The minimum Gasteiger partial charge on any atom is -0.448 e. The van der Waals surface area contributed by atoms with Gasteiger partial charge >= 0.3 is 5.97 Å².